The monoisotopic (exact) mass is 252 g/mol. The number of rotatable bonds is 2. The van der Waals surface area contributed by atoms with Crippen molar-refractivity contribution in [3.8, 4) is 0 Å². The number of nitrogen functional groups attached to an aromatic ring is 1. The van der Waals surface area contributed by atoms with E-state index in [1.807, 2.05) is 0 Å². The Labute approximate surface area is 108 Å². The van der Waals surface area contributed by atoms with E-state index in [-0.39, 0.29) is 11.9 Å². The zero-order valence-corrected chi connectivity index (χ0v) is 10.8. The summed E-state index contributed by atoms with van der Waals surface area (Å²) in [4.78, 5) is 17.9. The van der Waals surface area contributed by atoms with Crippen molar-refractivity contribution in [3.63, 3.8) is 0 Å². The van der Waals surface area contributed by atoms with Crippen molar-refractivity contribution < 1.29 is 14.2 Å². The molecular formula is C11H19BN3O3-. The maximum atomic E-state index is 10.7. The Morgan fingerprint density at radius 2 is 2.33 bits per heavy atom. The Morgan fingerprint density at radius 3 is 2.61 bits per heavy atom. The van der Waals surface area contributed by atoms with Gasteiger partial charge in [0.15, 0.2) is 0 Å². The summed E-state index contributed by atoms with van der Waals surface area (Å²) in [5.74, 6) is 0.571. The van der Waals surface area contributed by atoms with Gasteiger partial charge < -0.3 is 20.4 Å². The normalized spacial score (nSPS) is 16.6. The molecule has 18 heavy (non-hydrogen) atoms. The first-order chi connectivity index (χ1) is 8.65. The van der Waals surface area contributed by atoms with Crippen molar-refractivity contribution >= 4 is 19.1 Å². The number of nitrogens with zero attached hydrogens (tertiary/aromatic N) is 2. The van der Waals surface area contributed by atoms with E-state index in [1.165, 1.54) is 6.82 Å². The fraction of sp³-hybridized carbons (Fsp3) is 0.636. The molecule has 1 aliphatic heterocycles. The minimum Gasteiger partial charge on any atom is -0.465 e. The molecule has 1 atom stereocenters. The van der Waals surface area contributed by atoms with Gasteiger partial charge in [-0.3, -0.25) is 4.79 Å². The number of carbonyl (C=O) groups is 1. The van der Waals surface area contributed by atoms with E-state index < -0.39 is 0 Å². The van der Waals surface area contributed by atoms with E-state index in [0.29, 0.717) is 12.6 Å². The van der Waals surface area contributed by atoms with Gasteiger partial charge in [0.05, 0.1) is 12.5 Å². The van der Waals surface area contributed by atoms with Crippen LogP contribution in [0.3, 0.4) is 0 Å². The Balaban J connectivity index is 0.000000278. The molecule has 0 spiro atoms. The van der Waals surface area contributed by atoms with Gasteiger partial charge in [0.1, 0.15) is 0 Å². The number of carbonyl (C=O) groups excluding carboxylic acids is 1. The van der Waals surface area contributed by atoms with Crippen LogP contribution in [0.2, 0.25) is 6.82 Å². The summed E-state index contributed by atoms with van der Waals surface area (Å²) in [5.41, 5.74) is 5.06. The third-order valence-electron chi connectivity index (χ3n) is 2.16. The maximum absolute atomic E-state index is 10.7. The minimum atomic E-state index is 0.0110. The molecule has 1 unspecified atom stereocenters. The van der Waals surface area contributed by atoms with Crippen molar-refractivity contribution in [2.24, 2.45) is 5.92 Å². The van der Waals surface area contributed by atoms with Gasteiger partial charge in [0.25, 0.3) is 0 Å². The van der Waals surface area contributed by atoms with Crippen LogP contribution in [0, 0.1) is 5.92 Å². The Morgan fingerprint density at radius 1 is 1.67 bits per heavy atom. The molecule has 0 saturated carbocycles. The second kappa shape index (κ2) is 10.5. The summed E-state index contributed by atoms with van der Waals surface area (Å²) in [6.07, 6.45) is 6.12. The fourth-order valence-electron chi connectivity index (χ4n) is 1.40. The molecule has 7 heteroatoms. The van der Waals surface area contributed by atoms with Gasteiger partial charge in [0.2, 0.25) is 0 Å². The summed E-state index contributed by atoms with van der Waals surface area (Å²) in [7, 11) is 0.750. The predicted octanol–water partition coefficient (Wildman–Crippen LogP) is 1.05. The zero-order valence-electron chi connectivity index (χ0n) is 10.8. The van der Waals surface area contributed by atoms with Gasteiger partial charge in [-0.1, -0.05) is 13.3 Å². The van der Waals surface area contributed by atoms with Gasteiger partial charge in [-0.25, -0.2) is 0 Å². The van der Waals surface area contributed by atoms with Crippen molar-refractivity contribution in [1.82, 2.24) is 9.97 Å². The third-order valence-corrected chi connectivity index (χ3v) is 2.16. The quantitative estimate of drug-likeness (QED) is 0.624. The molecule has 2 N–H and O–H groups in total. The van der Waals surface area contributed by atoms with Crippen LogP contribution in [-0.2, 0) is 14.2 Å². The van der Waals surface area contributed by atoms with Crippen molar-refractivity contribution in [2.75, 3.05) is 12.3 Å². The van der Waals surface area contributed by atoms with Crippen LogP contribution in [0.1, 0.15) is 26.2 Å². The summed E-state index contributed by atoms with van der Waals surface area (Å²) in [6.45, 7) is 4.18. The fourth-order valence-corrected chi connectivity index (χ4v) is 1.40. The largest absolute Gasteiger partial charge is 0.465 e. The molecule has 2 rings (SSSR count). The van der Waals surface area contributed by atoms with E-state index in [1.54, 1.807) is 12.4 Å². The van der Waals surface area contributed by atoms with Crippen molar-refractivity contribution in [3.05, 3.63) is 12.4 Å². The van der Waals surface area contributed by atoms with Crippen LogP contribution in [0.15, 0.2) is 12.4 Å². The van der Waals surface area contributed by atoms with E-state index >= 15 is 0 Å². The number of hydrogen-bond acceptors (Lipinski definition) is 5. The van der Waals surface area contributed by atoms with Crippen molar-refractivity contribution in [1.29, 1.82) is 0 Å². The van der Waals surface area contributed by atoms with E-state index in [2.05, 4.69) is 16.9 Å². The predicted molar refractivity (Wildman–Crippen MR) is 68.2 cm³/mol. The summed E-state index contributed by atoms with van der Waals surface area (Å²) >= 11 is 0. The molecular weight excluding hydrogens is 233 g/mol. The van der Waals surface area contributed by atoms with E-state index in [0.717, 1.165) is 26.4 Å². The van der Waals surface area contributed by atoms with Gasteiger partial charge in [-0.2, -0.15) is 0 Å². The summed E-state index contributed by atoms with van der Waals surface area (Å²) in [5, 5.41) is 0. The molecule has 0 aliphatic carbocycles. The number of imidazole rings is 1. The molecule has 1 fully saturated rings. The molecule has 0 bridgehead atoms. The number of ether oxygens (including phenoxy) is 1. The van der Waals surface area contributed by atoms with Crippen LogP contribution in [0.4, 0.5) is 5.95 Å². The van der Waals surface area contributed by atoms with E-state index in [4.69, 9.17) is 15.2 Å². The van der Waals surface area contributed by atoms with Crippen LogP contribution < -0.4 is 10.7 Å². The molecule has 1 aliphatic rings. The number of cyclic esters (lactones) is 1. The Hall–Kier alpha value is -1.66. The molecule has 1 saturated heterocycles. The van der Waals surface area contributed by atoms with E-state index in [9.17, 15) is 4.79 Å². The zero-order chi connectivity index (χ0) is 13.8. The first-order valence-electron chi connectivity index (χ1n) is 5.91. The van der Waals surface area contributed by atoms with Gasteiger partial charge >= 0.3 is 24.6 Å². The smallest absolute Gasteiger partial charge is 0.309 e. The number of anilines is 1. The van der Waals surface area contributed by atoms with Gasteiger partial charge in [-0.15, -0.1) is 0 Å². The Bertz CT molecular complexity index is 330. The second-order valence-corrected chi connectivity index (χ2v) is 3.59. The molecule has 100 valence electrons. The molecule has 2 heterocycles. The second-order valence-electron chi connectivity index (χ2n) is 3.59. The average molecular weight is 252 g/mol. The van der Waals surface area contributed by atoms with Gasteiger partial charge in [-0.05, 0) is 25.2 Å². The third kappa shape index (κ3) is 7.59. The average Bonchev–Trinajstić information content (AvgIpc) is 2.94. The number of hydrogen-bond donors (Lipinski definition) is 1. The first-order valence-corrected chi connectivity index (χ1v) is 5.91. The van der Waals surface area contributed by atoms with Crippen LogP contribution in [0.5, 0.6) is 0 Å². The number of esters is 1. The van der Waals surface area contributed by atoms with Crippen LogP contribution in [0.25, 0.3) is 0 Å². The molecule has 1 aromatic rings. The molecule has 1 aromatic heterocycles. The standard InChI is InChI=1S/C7H12O2.C3H4N3.CH3BO/c1-2-3-6-4-5-9-7(6)8;4-3-5-1-2-6-3;1-2-3/h6H,2-5H2,1H3;1-2H,(H2-,4,5,6);1H3/q;-1;. The first kappa shape index (κ1) is 16.3. The maximum Gasteiger partial charge on any atom is 0.309 e. The number of aromatic nitrogens is 2. The molecule has 0 aromatic carbocycles. The topological polar surface area (TPSA) is 96.4 Å². The summed E-state index contributed by atoms with van der Waals surface area (Å²) in [6, 6.07) is 0. The molecule has 0 amide bonds. The Kier molecular flexibility index (Phi) is 9.53. The minimum absolute atomic E-state index is 0.0110. The number of nitrogens with two attached hydrogens (primary N) is 1. The summed E-state index contributed by atoms with van der Waals surface area (Å²) < 4.78 is 13.6. The van der Waals surface area contributed by atoms with Crippen LogP contribution in [-0.4, -0.2) is 24.7 Å². The van der Waals surface area contributed by atoms with Crippen molar-refractivity contribution in [2.45, 2.75) is 33.0 Å². The van der Waals surface area contributed by atoms with Gasteiger partial charge in [0, 0.05) is 5.95 Å². The SMILES string of the molecule is CB=O.CCCC1CCOC1=O.Nc1ncc[n-]1. The molecule has 0 radical (unpaired) electrons. The van der Waals surface area contributed by atoms with Crippen LogP contribution >= 0.6 is 0 Å². The molecule has 6 nitrogen and oxygen atoms in total.